The summed E-state index contributed by atoms with van der Waals surface area (Å²) in [5, 5.41) is 17.6. The second kappa shape index (κ2) is 4.47. The molecule has 0 bridgehead atoms. The number of hydrogen-bond donors (Lipinski definition) is 4. The van der Waals surface area contributed by atoms with Crippen molar-refractivity contribution in [2.24, 2.45) is 0 Å². The molecule has 8 heteroatoms. The summed E-state index contributed by atoms with van der Waals surface area (Å²) in [6.07, 6.45) is 1.08. The van der Waals surface area contributed by atoms with Crippen molar-refractivity contribution in [2.45, 2.75) is 24.3 Å². The van der Waals surface area contributed by atoms with Crippen LogP contribution in [0.3, 0.4) is 0 Å². The lowest BCUT2D eigenvalue weighted by atomic mass is 10.1. The molecule has 0 aliphatic carbocycles. The van der Waals surface area contributed by atoms with E-state index >= 15 is 0 Å². The van der Waals surface area contributed by atoms with Crippen LogP contribution in [-0.2, 0) is 10.0 Å². The number of aromatic carboxylic acids is 1. The van der Waals surface area contributed by atoms with E-state index in [1.807, 2.05) is 0 Å². The van der Waals surface area contributed by atoms with E-state index in [1.54, 1.807) is 0 Å². The Hall–Kier alpha value is -1.38. The van der Waals surface area contributed by atoms with E-state index in [0.717, 1.165) is 12.3 Å². The Morgan fingerprint density at radius 2 is 2.12 bits per heavy atom. The van der Waals surface area contributed by atoms with Gasteiger partial charge < -0.3 is 15.2 Å². The van der Waals surface area contributed by atoms with Crippen LogP contribution in [0.5, 0.6) is 0 Å². The molecule has 0 atom stereocenters. The SMILES string of the molecule is CC(C)(CO)NS(=O)(=O)c1c[nH]c(C(=O)O)c1. The minimum atomic E-state index is -3.85. The molecule has 4 N–H and O–H groups in total. The van der Waals surface area contributed by atoms with E-state index < -0.39 is 21.5 Å². The number of H-pyrrole nitrogens is 1. The topological polar surface area (TPSA) is 119 Å². The number of aliphatic hydroxyl groups is 1. The van der Waals surface area contributed by atoms with Gasteiger partial charge in [0, 0.05) is 6.20 Å². The number of carboxylic acid groups (broad SMARTS) is 1. The largest absolute Gasteiger partial charge is 0.477 e. The van der Waals surface area contributed by atoms with Gasteiger partial charge in [-0.3, -0.25) is 0 Å². The van der Waals surface area contributed by atoms with Gasteiger partial charge in [-0.25, -0.2) is 17.9 Å². The first-order valence-electron chi connectivity index (χ1n) is 4.74. The number of carboxylic acids is 1. The molecule has 0 spiro atoms. The van der Waals surface area contributed by atoms with Gasteiger partial charge in [0.05, 0.1) is 12.1 Å². The molecule has 7 nitrogen and oxygen atoms in total. The van der Waals surface area contributed by atoms with E-state index in [0.29, 0.717) is 0 Å². The van der Waals surface area contributed by atoms with Crippen molar-refractivity contribution >= 4 is 16.0 Å². The van der Waals surface area contributed by atoms with Crippen LogP contribution in [0.25, 0.3) is 0 Å². The zero-order valence-electron chi connectivity index (χ0n) is 9.39. The number of aliphatic hydroxyl groups excluding tert-OH is 1. The molecular weight excluding hydrogens is 248 g/mol. The molecule has 0 aliphatic heterocycles. The Labute approximate surface area is 98.5 Å². The van der Waals surface area contributed by atoms with Crippen LogP contribution in [0.2, 0.25) is 0 Å². The van der Waals surface area contributed by atoms with Gasteiger partial charge in [0.1, 0.15) is 10.6 Å². The third-order valence-corrected chi connectivity index (χ3v) is 3.68. The van der Waals surface area contributed by atoms with Crippen LogP contribution in [0.15, 0.2) is 17.2 Å². The molecule has 0 amide bonds. The molecular formula is C9H14N2O5S. The van der Waals surface area contributed by atoms with Gasteiger partial charge in [-0.1, -0.05) is 0 Å². The molecule has 0 aromatic carbocycles. The number of carbonyl (C=O) groups is 1. The molecule has 1 aromatic rings. The number of nitrogens with one attached hydrogen (secondary N) is 2. The summed E-state index contributed by atoms with van der Waals surface area (Å²) >= 11 is 0. The maximum absolute atomic E-state index is 11.8. The smallest absolute Gasteiger partial charge is 0.352 e. The first kappa shape index (κ1) is 13.7. The van der Waals surface area contributed by atoms with Crippen LogP contribution in [0.1, 0.15) is 24.3 Å². The quantitative estimate of drug-likeness (QED) is 0.584. The van der Waals surface area contributed by atoms with Crippen LogP contribution < -0.4 is 4.72 Å². The maximum Gasteiger partial charge on any atom is 0.352 e. The first-order chi connectivity index (χ1) is 7.68. The fourth-order valence-corrected chi connectivity index (χ4v) is 2.50. The van der Waals surface area contributed by atoms with Gasteiger partial charge in [-0.15, -0.1) is 0 Å². The molecule has 0 saturated carbocycles. The highest BCUT2D eigenvalue weighted by molar-refractivity contribution is 7.89. The lowest BCUT2D eigenvalue weighted by Crippen LogP contribution is -2.46. The van der Waals surface area contributed by atoms with Crippen molar-refractivity contribution in [3.63, 3.8) is 0 Å². The third kappa shape index (κ3) is 3.29. The van der Waals surface area contributed by atoms with E-state index in [2.05, 4.69) is 9.71 Å². The predicted octanol–water partition coefficient (Wildman–Crippen LogP) is -0.238. The molecule has 0 fully saturated rings. The van der Waals surface area contributed by atoms with E-state index in [9.17, 15) is 13.2 Å². The van der Waals surface area contributed by atoms with E-state index in [-0.39, 0.29) is 17.2 Å². The number of hydrogen-bond acceptors (Lipinski definition) is 4. The number of rotatable bonds is 5. The van der Waals surface area contributed by atoms with Crippen molar-refractivity contribution in [3.05, 3.63) is 18.0 Å². The van der Waals surface area contributed by atoms with Gasteiger partial charge in [0.15, 0.2) is 0 Å². The summed E-state index contributed by atoms with van der Waals surface area (Å²) < 4.78 is 25.9. The highest BCUT2D eigenvalue weighted by Gasteiger charge is 2.26. The molecule has 1 rings (SSSR count). The first-order valence-corrected chi connectivity index (χ1v) is 6.23. The van der Waals surface area contributed by atoms with Crippen molar-refractivity contribution in [3.8, 4) is 0 Å². The van der Waals surface area contributed by atoms with Gasteiger partial charge in [-0.05, 0) is 19.9 Å². The standard InChI is InChI=1S/C9H14N2O5S/c1-9(2,5-12)11-17(15,16)6-3-7(8(13)14)10-4-6/h3-4,10-12H,5H2,1-2H3,(H,13,14). The summed E-state index contributed by atoms with van der Waals surface area (Å²) in [5.41, 5.74) is -1.23. The molecule has 0 saturated heterocycles. The fourth-order valence-electron chi connectivity index (χ4n) is 1.11. The lowest BCUT2D eigenvalue weighted by Gasteiger charge is -2.22. The summed E-state index contributed by atoms with van der Waals surface area (Å²) in [6.45, 7) is 2.65. The minimum absolute atomic E-state index is 0.184. The van der Waals surface area contributed by atoms with Crippen LogP contribution >= 0.6 is 0 Å². The van der Waals surface area contributed by atoms with Gasteiger partial charge in [0.25, 0.3) is 0 Å². The zero-order valence-corrected chi connectivity index (χ0v) is 10.2. The molecule has 96 valence electrons. The average molecular weight is 262 g/mol. The highest BCUT2D eigenvalue weighted by atomic mass is 32.2. The Bertz CT molecular complexity index is 517. The normalized spacial score (nSPS) is 12.6. The van der Waals surface area contributed by atoms with E-state index in [1.165, 1.54) is 13.8 Å². The summed E-state index contributed by atoms with van der Waals surface area (Å²) in [5.74, 6) is -1.24. The fraction of sp³-hybridized carbons (Fsp3) is 0.444. The van der Waals surface area contributed by atoms with Gasteiger partial charge >= 0.3 is 5.97 Å². The Balaban J connectivity index is 3.02. The maximum atomic E-state index is 11.8. The number of sulfonamides is 1. The average Bonchev–Trinajstić information content (AvgIpc) is 2.65. The monoisotopic (exact) mass is 262 g/mol. The summed E-state index contributed by atoms with van der Waals surface area (Å²) in [7, 11) is -3.85. The summed E-state index contributed by atoms with van der Waals surface area (Å²) in [4.78, 5) is 12.7. The minimum Gasteiger partial charge on any atom is -0.477 e. The lowest BCUT2D eigenvalue weighted by molar-refractivity contribution is 0.0691. The Morgan fingerprint density at radius 3 is 2.53 bits per heavy atom. The van der Waals surface area contributed by atoms with Gasteiger partial charge in [-0.2, -0.15) is 0 Å². The van der Waals surface area contributed by atoms with Gasteiger partial charge in [0.2, 0.25) is 10.0 Å². The molecule has 0 unspecified atom stereocenters. The molecule has 0 aliphatic rings. The second-order valence-corrected chi connectivity index (χ2v) is 5.88. The van der Waals surface area contributed by atoms with E-state index in [4.69, 9.17) is 10.2 Å². The molecule has 17 heavy (non-hydrogen) atoms. The Morgan fingerprint density at radius 1 is 1.53 bits per heavy atom. The molecule has 1 heterocycles. The Kier molecular flexibility index (Phi) is 3.60. The number of aromatic amines is 1. The van der Waals surface area contributed by atoms with Crippen LogP contribution in [0, 0.1) is 0 Å². The summed E-state index contributed by atoms with van der Waals surface area (Å²) in [6, 6.07) is 1.01. The molecule has 1 aromatic heterocycles. The predicted molar refractivity (Wildman–Crippen MR) is 59.2 cm³/mol. The zero-order chi connectivity index (χ0) is 13.3. The third-order valence-electron chi connectivity index (χ3n) is 2.00. The number of aromatic nitrogens is 1. The van der Waals surface area contributed by atoms with Crippen LogP contribution in [-0.4, -0.2) is 41.7 Å². The van der Waals surface area contributed by atoms with Crippen LogP contribution in [0.4, 0.5) is 0 Å². The highest BCUT2D eigenvalue weighted by Crippen LogP contribution is 2.14. The molecule has 0 radical (unpaired) electrons. The van der Waals surface area contributed by atoms with Crippen molar-refractivity contribution in [1.29, 1.82) is 0 Å². The van der Waals surface area contributed by atoms with Crippen molar-refractivity contribution < 1.29 is 23.4 Å². The van der Waals surface area contributed by atoms with Crippen molar-refractivity contribution in [2.75, 3.05) is 6.61 Å². The second-order valence-electron chi connectivity index (χ2n) is 4.20. The van der Waals surface area contributed by atoms with Crippen molar-refractivity contribution in [1.82, 2.24) is 9.71 Å².